The maximum Gasteiger partial charge on any atom is 0.335 e. The third-order valence-electron chi connectivity index (χ3n) is 4.20. The largest absolute Gasteiger partial charge is 0.478 e. The van der Waals surface area contributed by atoms with Crippen molar-refractivity contribution in [3.05, 3.63) is 84.4 Å². The van der Waals surface area contributed by atoms with Crippen LogP contribution in [0.5, 0.6) is 0 Å². The molecule has 0 fully saturated rings. The van der Waals surface area contributed by atoms with Gasteiger partial charge in [-0.25, -0.2) is 9.59 Å². The van der Waals surface area contributed by atoms with E-state index in [4.69, 9.17) is 5.11 Å². The number of carboxylic acids is 1. The molecule has 0 bridgehead atoms. The molecular formula is C23H21N3O4S. The van der Waals surface area contributed by atoms with Gasteiger partial charge in [-0.15, -0.1) is 11.8 Å². The zero-order valence-corrected chi connectivity index (χ0v) is 17.5. The summed E-state index contributed by atoms with van der Waals surface area (Å²) in [6.07, 6.45) is 0. The lowest BCUT2D eigenvalue weighted by Gasteiger charge is -2.13. The van der Waals surface area contributed by atoms with Gasteiger partial charge >= 0.3 is 12.0 Å². The van der Waals surface area contributed by atoms with Gasteiger partial charge in [0, 0.05) is 22.0 Å². The van der Waals surface area contributed by atoms with E-state index >= 15 is 0 Å². The number of aromatic carboxylic acids is 1. The van der Waals surface area contributed by atoms with E-state index in [9.17, 15) is 14.4 Å². The first kappa shape index (κ1) is 21.9. The number of carboxylic acid groups (broad SMARTS) is 1. The van der Waals surface area contributed by atoms with Gasteiger partial charge in [0.15, 0.2) is 0 Å². The van der Waals surface area contributed by atoms with Crippen molar-refractivity contribution in [2.45, 2.75) is 17.1 Å². The minimum atomic E-state index is -1.05. The fourth-order valence-corrected chi connectivity index (χ4v) is 3.53. The summed E-state index contributed by atoms with van der Waals surface area (Å²) >= 11 is 1.35. The number of carbonyl (C=O) groups is 3. The van der Waals surface area contributed by atoms with E-state index in [1.165, 1.54) is 23.9 Å². The van der Waals surface area contributed by atoms with Crippen LogP contribution in [0.1, 0.15) is 17.3 Å². The van der Waals surface area contributed by atoms with Crippen molar-refractivity contribution >= 4 is 46.7 Å². The maximum atomic E-state index is 12.4. The second-order valence-electron chi connectivity index (χ2n) is 6.60. The molecule has 8 heteroatoms. The van der Waals surface area contributed by atoms with Gasteiger partial charge in [-0.05, 0) is 61.5 Å². The zero-order valence-electron chi connectivity index (χ0n) is 16.7. The normalized spacial score (nSPS) is 11.3. The standard InChI is InChI=1S/C23H21N3O4S/c1-15(21(27)24-19-9-5-6-16(14-19)22(28)29)31-20-12-10-18(11-13-20)26-23(30)25-17-7-3-2-4-8-17/h2-15H,1H3,(H,24,27)(H,28,29)(H2,25,26,30). The number of carbonyl (C=O) groups excluding carboxylic acids is 2. The summed E-state index contributed by atoms with van der Waals surface area (Å²) in [7, 11) is 0. The van der Waals surface area contributed by atoms with Gasteiger partial charge in [0.2, 0.25) is 5.91 Å². The van der Waals surface area contributed by atoms with Crippen LogP contribution < -0.4 is 16.0 Å². The predicted molar refractivity (Wildman–Crippen MR) is 123 cm³/mol. The van der Waals surface area contributed by atoms with Gasteiger partial charge in [0.05, 0.1) is 10.8 Å². The first-order valence-corrected chi connectivity index (χ1v) is 10.3. The van der Waals surface area contributed by atoms with Crippen LogP contribution >= 0.6 is 11.8 Å². The third kappa shape index (κ3) is 6.61. The summed E-state index contributed by atoms with van der Waals surface area (Å²) in [4.78, 5) is 36.4. The van der Waals surface area contributed by atoms with Crippen LogP contribution in [-0.4, -0.2) is 28.3 Å². The third-order valence-corrected chi connectivity index (χ3v) is 5.31. The number of nitrogens with one attached hydrogen (secondary N) is 3. The number of hydrogen-bond donors (Lipinski definition) is 4. The molecule has 0 aliphatic heterocycles. The van der Waals surface area contributed by atoms with Crippen LogP contribution in [0.4, 0.5) is 21.9 Å². The molecule has 3 rings (SSSR count). The van der Waals surface area contributed by atoms with Gasteiger partial charge < -0.3 is 21.1 Å². The molecule has 7 nitrogen and oxygen atoms in total. The molecule has 3 amide bonds. The van der Waals surface area contributed by atoms with E-state index in [1.807, 2.05) is 30.3 Å². The van der Waals surface area contributed by atoms with Gasteiger partial charge in [0.1, 0.15) is 0 Å². The summed E-state index contributed by atoms with van der Waals surface area (Å²) < 4.78 is 0. The quantitative estimate of drug-likeness (QED) is 0.384. The Hall–Kier alpha value is -3.78. The second kappa shape index (κ2) is 10.3. The lowest BCUT2D eigenvalue weighted by molar-refractivity contribution is -0.115. The predicted octanol–water partition coefficient (Wildman–Crippen LogP) is 5.15. The molecule has 0 aromatic heterocycles. The van der Waals surface area contributed by atoms with Crippen molar-refractivity contribution < 1.29 is 19.5 Å². The molecule has 31 heavy (non-hydrogen) atoms. The zero-order chi connectivity index (χ0) is 22.2. The monoisotopic (exact) mass is 435 g/mol. The molecule has 0 aliphatic rings. The first-order valence-electron chi connectivity index (χ1n) is 9.45. The Balaban J connectivity index is 1.52. The van der Waals surface area contributed by atoms with Crippen LogP contribution in [0.25, 0.3) is 0 Å². The maximum absolute atomic E-state index is 12.4. The molecule has 158 valence electrons. The molecule has 0 saturated carbocycles. The van der Waals surface area contributed by atoms with Crippen molar-refractivity contribution in [2.24, 2.45) is 0 Å². The average molecular weight is 436 g/mol. The lowest BCUT2D eigenvalue weighted by atomic mass is 10.2. The fraction of sp³-hybridized carbons (Fsp3) is 0.0870. The number of urea groups is 1. The lowest BCUT2D eigenvalue weighted by Crippen LogP contribution is -2.22. The van der Waals surface area contributed by atoms with Crippen molar-refractivity contribution in [3.63, 3.8) is 0 Å². The van der Waals surface area contributed by atoms with Crippen LogP contribution in [0.2, 0.25) is 0 Å². The van der Waals surface area contributed by atoms with Crippen LogP contribution in [-0.2, 0) is 4.79 Å². The van der Waals surface area contributed by atoms with E-state index in [-0.39, 0.29) is 17.5 Å². The Morgan fingerprint density at radius 2 is 1.39 bits per heavy atom. The molecule has 1 atom stereocenters. The number of thioether (sulfide) groups is 1. The molecule has 0 spiro atoms. The topological polar surface area (TPSA) is 108 Å². The molecule has 0 radical (unpaired) electrons. The van der Waals surface area contributed by atoms with Gasteiger partial charge in [-0.2, -0.15) is 0 Å². The van der Waals surface area contributed by atoms with E-state index in [0.29, 0.717) is 17.1 Å². The van der Waals surface area contributed by atoms with Gasteiger partial charge in [0.25, 0.3) is 0 Å². The summed E-state index contributed by atoms with van der Waals surface area (Å²) in [6.45, 7) is 1.76. The molecule has 0 aliphatic carbocycles. The SMILES string of the molecule is CC(Sc1ccc(NC(=O)Nc2ccccc2)cc1)C(=O)Nc1cccc(C(=O)O)c1. The molecule has 3 aromatic carbocycles. The minimum absolute atomic E-state index is 0.109. The van der Waals surface area contributed by atoms with E-state index in [2.05, 4.69) is 16.0 Å². The van der Waals surface area contributed by atoms with Crippen LogP contribution in [0, 0.1) is 0 Å². The molecule has 4 N–H and O–H groups in total. The molecule has 1 unspecified atom stereocenters. The summed E-state index contributed by atoms with van der Waals surface area (Å²) in [6, 6.07) is 22.0. The Morgan fingerprint density at radius 1 is 0.774 bits per heavy atom. The van der Waals surface area contributed by atoms with Crippen LogP contribution in [0.3, 0.4) is 0 Å². The molecule has 0 heterocycles. The average Bonchev–Trinajstić information content (AvgIpc) is 2.76. The first-order chi connectivity index (χ1) is 14.9. The smallest absolute Gasteiger partial charge is 0.335 e. The van der Waals surface area contributed by atoms with Crippen molar-refractivity contribution in [1.82, 2.24) is 0 Å². The Labute approximate surface area is 183 Å². The van der Waals surface area contributed by atoms with Gasteiger partial charge in [-0.1, -0.05) is 24.3 Å². The highest BCUT2D eigenvalue weighted by atomic mass is 32.2. The van der Waals surface area contributed by atoms with Gasteiger partial charge in [-0.3, -0.25) is 4.79 Å². The van der Waals surface area contributed by atoms with E-state index in [0.717, 1.165) is 4.90 Å². The number of amides is 3. The van der Waals surface area contributed by atoms with Crippen molar-refractivity contribution in [2.75, 3.05) is 16.0 Å². The van der Waals surface area contributed by atoms with E-state index < -0.39 is 11.2 Å². The summed E-state index contributed by atoms with van der Waals surface area (Å²) in [5, 5.41) is 16.9. The molecule has 3 aromatic rings. The number of para-hydroxylation sites is 1. The Kier molecular flexibility index (Phi) is 7.29. The Morgan fingerprint density at radius 3 is 2.03 bits per heavy atom. The highest BCUT2D eigenvalue weighted by molar-refractivity contribution is 8.00. The summed E-state index contributed by atoms with van der Waals surface area (Å²) in [5.74, 6) is -1.29. The number of anilines is 3. The minimum Gasteiger partial charge on any atom is -0.478 e. The van der Waals surface area contributed by atoms with Crippen molar-refractivity contribution in [3.8, 4) is 0 Å². The fourth-order valence-electron chi connectivity index (χ4n) is 2.66. The molecule has 0 saturated heterocycles. The summed E-state index contributed by atoms with van der Waals surface area (Å²) in [5.41, 5.74) is 1.86. The highest BCUT2D eigenvalue weighted by Gasteiger charge is 2.15. The number of rotatable bonds is 7. The van der Waals surface area contributed by atoms with Crippen molar-refractivity contribution in [1.29, 1.82) is 0 Å². The molecular weight excluding hydrogens is 414 g/mol. The second-order valence-corrected chi connectivity index (χ2v) is 8.02. The Bertz CT molecular complexity index is 1070. The van der Waals surface area contributed by atoms with Crippen LogP contribution in [0.15, 0.2) is 83.8 Å². The number of benzene rings is 3. The number of hydrogen-bond acceptors (Lipinski definition) is 4. The van der Waals surface area contributed by atoms with E-state index in [1.54, 1.807) is 43.3 Å². The highest BCUT2D eigenvalue weighted by Crippen LogP contribution is 2.26.